The standard InChI is InChI=1S/C54H54N4O8.3CH4/c1-35(59)55-47-23-15-43(16-24-47)53(44-17-25-48(26-18-44)56-36(2)60)41-11-7-39(8-12-41)33-51(63)65-31-5-6-32-66-52(64)34-40-9-13-42(14-10-40)54(45-19-27-49(28-20-45)57-37(3)61)46-21-29-50(30-22-46)58-38(4)62;;;/h7-30,53-54H,5-6,31-34H2,1-4H3,(H,55,59)(H,56,60)(H,57,61)(H,58,62);3*1H4. The monoisotopic (exact) mass is 934 g/mol. The molecule has 0 saturated heterocycles. The van der Waals surface area contributed by atoms with Gasteiger partial charge in [-0.25, -0.2) is 0 Å². The second kappa shape index (κ2) is 27.1. The average molecular weight is 935 g/mol. The van der Waals surface area contributed by atoms with Gasteiger partial charge < -0.3 is 30.7 Å². The number of carbonyl (C=O) groups is 6. The lowest BCUT2D eigenvalue weighted by atomic mass is 9.84. The van der Waals surface area contributed by atoms with E-state index in [1.54, 1.807) is 0 Å². The molecule has 0 radical (unpaired) electrons. The van der Waals surface area contributed by atoms with Gasteiger partial charge in [-0.05, 0) is 106 Å². The van der Waals surface area contributed by atoms with Crippen molar-refractivity contribution in [3.63, 3.8) is 0 Å². The highest BCUT2D eigenvalue weighted by Crippen LogP contribution is 2.35. The predicted octanol–water partition coefficient (Wildman–Crippen LogP) is 11.4. The fourth-order valence-corrected chi connectivity index (χ4v) is 7.67. The zero-order valence-corrected chi connectivity index (χ0v) is 37.5. The Bertz CT molecular complexity index is 2310. The smallest absolute Gasteiger partial charge is 0.310 e. The Morgan fingerprint density at radius 1 is 0.348 bits per heavy atom. The Morgan fingerprint density at radius 3 is 0.754 bits per heavy atom. The number of nitrogens with one attached hydrogen (secondary N) is 4. The molecule has 0 saturated carbocycles. The molecule has 0 atom stereocenters. The third kappa shape index (κ3) is 17.1. The van der Waals surface area contributed by atoms with Gasteiger partial charge in [0.15, 0.2) is 0 Å². The molecule has 6 aromatic rings. The zero-order chi connectivity index (χ0) is 47.0. The van der Waals surface area contributed by atoms with Crippen molar-refractivity contribution >= 4 is 58.3 Å². The summed E-state index contributed by atoms with van der Waals surface area (Å²) in [6.45, 7) is 6.26. The van der Waals surface area contributed by atoms with E-state index in [1.807, 2.05) is 146 Å². The van der Waals surface area contributed by atoms with Crippen LogP contribution in [0.4, 0.5) is 22.7 Å². The highest BCUT2D eigenvalue weighted by Gasteiger charge is 2.20. The van der Waals surface area contributed by atoms with Crippen molar-refractivity contribution < 1.29 is 38.2 Å². The SMILES string of the molecule is C.C.C.CC(=O)Nc1ccc(C(c2ccc(CC(=O)OCCCCOC(=O)Cc3ccc(C(c4ccc(NC(C)=O)cc4)c4ccc(NC(C)=O)cc4)cc3)cc2)c2ccc(NC(C)=O)cc2)cc1. The zero-order valence-electron chi connectivity index (χ0n) is 37.5. The van der Waals surface area contributed by atoms with E-state index >= 15 is 0 Å². The van der Waals surface area contributed by atoms with E-state index in [1.165, 1.54) is 27.7 Å². The van der Waals surface area contributed by atoms with E-state index in [4.69, 9.17) is 9.47 Å². The quantitative estimate of drug-likeness (QED) is 0.0353. The molecule has 6 rings (SSSR count). The van der Waals surface area contributed by atoms with Gasteiger partial charge in [0.05, 0.1) is 26.1 Å². The molecule has 12 heteroatoms. The third-order valence-electron chi connectivity index (χ3n) is 10.6. The van der Waals surface area contributed by atoms with Crippen molar-refractivity contribution in [3.8, 4) is 0 Å². The van der Waals surface area contributed by atoms with Crippen LogP contribution in [0.1, 0.15) is 119 Å². The van der Waals surface area contributed by atoms with E-state index < -0.39 is 0 Å². The third-order valence-corrected chi connectivity index (χ3v) is 10.6. The highest BCUT2D eigenvalue weighted by molar-refractivity contribution is 5.90. The largest absolute Gasteiger partial charge is 0.465 e. The van der Waals surface area contributed by atoms with Crippen LogP contribution in [-0.2, 0) is 51.1 Å². The molecule has 0 aliphatic rings. The summed E-state index contributed by atoms with van der Waals surface area (Å²) >= 11 is 0. The molecule has 0 aliphatic carbocycles. The minimum absolute atomic E-state index is 0. The maximum Gasteiger partial charge on any atom is 0.310 e. The van der Waals surface area contributed by atoms with Crippen LogP contribution in [0, 0.1) is 0 Å². The van der Waals surface area contributed by atoms with Gasteiger partial charge in [-0.3, -0.25) is 28.8 Å². The van der Waals surface area contributed by atoms with Crippen molar-refractivity contribution in [2.75, 3.05) is 34.5 Å². The Morgan fingerprint density at radius 2 is 0.551 bits per heavy atom. The molecular weight excluding hydrogens is 869 g/mol. The molecule has 6 aromatic carbocycles. The summed E-state index contributed by atoms with van der Waals surface area (Å²) in [6, 6.07) is 46.3. The Hall–Kier alpha value is -7.86. The summed E-state index contributed by atoms with van der Waals surface area (Å²) in [4.78, 5) is 71.9. The minimum Gasteiger partial charge on any atom is -0.465 e. The van der Waals surface area contributed by atoms with Gasteiger partial charge in [0.1, 0.15) is 0 Å². The number of ether oxygens (including phenoxy) is 2. The van der Waals surface area contributed by atoms with Crippen molar-refractivity contribution in [1.29, 1.82) is 0 Å². The molecule has 0 aliphatic heterocycles. The van der Waals surface area contributed by atoms with Crippen LogP contribution in [-0.4, -0.2) is 48.8 Å². The van der Waals surface area contributed by atoms with Crippen LogP contribution in [0.25, 0.3) is 0 Å². The van der Waals surface area contributed by atoms with Gasteiger partial charge in [-0.1, -0.05) is 119 Å². The average Bonchev–Trinajstić information content (AvgIpc) is 3.28. The minimum atomic E-state index is -0.354. The van der Waals surface area contributed by atoms with Crippen molar-refractivity contribution in [2.24, 2.45) is 0 Å². The van der Waals surface area contributed by atoms with Gasteiger partial charge in [-0.2, -0.15) is 0 Å². The van der Waals surface area contributed by atoms with Crippen LogP contribution in [0.2, 0.25) is 0 Å². The molecule has 0 aromatic heterocycles. The number of rotatable bonds is 19. The van der Waals surface area contributed by atoms with Gasteiger partial charge in [0, 0.05) is 62.3 Å². The second-order valence-electron chi connectivity index (χ2n) is 16.1. The Balaban J connectivity index is 0.00000420. The molecule has 0 fully saturated rings. The van der Waals surface area contributed by atoms with Crippen LogP contribution in [0.3, 0.4) is 0 Å². The lowest BCUT2D eigenvalue weighted by Crippen LogP contribution is -2.12. The topological polar surface area (TPSA) is 169 Å². The van der Waals surface area contributed by atoms with Crippen LogP contribution < -0.4 is 21.3 Å². The van der Waals surface area contributed by atoms with Crippen LogP contribution in [0.15, 0.2) is 146 Å². The first-order chi connectivity index (χ1) is 31.8. The fraction of sp³-hybridized carbons (Fsp3) is 0.263. The first-order valence-corrected chi connectivity index (χ1v) is 21.8. The molecule has 0 bridgehead atoms. The molecule has 4 N–H and O–H groups in total. The molecule has 0 heterocycles. The summed E-state index contributed by atoms with van der Waals surface area (Å²) in [6.07, 6.45) is 1.28. The van der Waals surface area contributed by atoms with Gasteiger partial charge in [0.2, 0.25) is 23.6 Å². The number of benzene rings is 6. The molecule has 12 nitrogen and oxygen atoms in total. The summed E-state index contributed by atoms with van der Waals surface area (Å²) < 4.78 is 11.0. The Labute approximate surface area is 407 Å². The van der Waals surface area contributed by atoms with E-state index in [-0.39, 0.29) is 95.7 Å². The molecule has 69 heavy (non-hydrogen) atoms. The lowest BCUT2D eigenvalue weighted by molar-refractivity contribution is -0.145. The van der Waals surface area contributed by atoms with E-state index in [9.17, 15) is 28.8 Å². The number of unbranched alkanes of at least 4 members (excludes halogenated alkanes) is 1. The Kier molecular flexibility index (Phi) is 21.8. The maximum atomic E-state index is 12.8. The van der Waals surface area contributed by atoms with Gasteiger partial charge >= 0.3 is 11.9 Å². The molecular formula is C57H66N4O8. The molecule has 362 valence electrons. The molecule has 0 unspecified atom stereocenters. The fourth-order valence-electron chi connectivity index (χ4n) is 7.67. The van der Waals surface area contributed by atoms with Gasteiger partial charge in [0.25, 0.3) is 0 Å². The second-order valence-corrected chi connectivity index (χ2v) is 16.1. The molecule has 0 spiro atoms. The summed E-state index contributed by atoms with van der Waals surface area (Å²) in [7, 11) is 0. The summed E-state index contributed by atoms with van der Waals surface area (Å²) in [5.41, 5.74) is 10.4. The normalized spacial score (nSPS) is 10.3. The van der Waals surface area contributed by atoms with E-state index in [0.717, 1.165) is 44.5 Å². The predicted molar refractivity (Wildman–Crippen MR) is 277 cm³/mol. The van der Waals surface area contributed by atoms with Gasteiger partial charge in [-0.15, -0.1) is 0 Å². The lowest BCUT2D eigenvalue weighted by Gasteiger charge is -2.20. The maximum absolute atomic E-state index is 12.8. The van der Waals surface area contributed by atoms with Crippen molar-refractivity contribution in [1.82, 2.24) is 0 Å². The summed E-state index contributed by atoms with van der Waals surface area (Å²) in [5.74, 6) is -1.62. The number of hydrogen-bond acceptors (Lipinski definition) is 8. The number of hydrogen-bond donors (Lipinski definition) is 4. The summed E-state index contributed by atoms with van der Waals surface area (Å²) in [5, 5.41) is 11.2. The first-order valence-electron chi connectivity index (χ1n) is 21.8. The van der Waals surface area contributed by atoms with Crippen LogP contribution in [0.5, 0.6) is 0 Å². The van der Waals surface area contributed by atoms with E-state index in [0.29, 0.717) is 35.6 Å². The number of carbonyl (C=O) groups excluding carboxylic acids is 6. The van der Waals surface area contributed by atoms with E-state index in [2.05, 4.69) is 21.3 Å². The van der Waals surface area contributed by atoms with Crippen molar-refractivity contribution in [3.05, 3.63) is 190 Å². The molecule has 4 amide bonds. The van der Waals surface area contributed by atoms with Crippen molar-refractivity contribution in [2.45, 2.75) is 87.5 Å². The first kappa shape index (κ1) is 55.5. The number of anilines is 4. The number of amides is 4. The highest BCUT2D eigenvalue weighted by atomic mass is 16.5. The van der Waals surface area contributed by atoms with Crippen LogP contribution >= 0.6 is 0 Å². The number of esters is 2.